The van der Waals surface area contributed by atoms with E-state index in [1.54, 1.807) is 11.8 Å². The summed E-state index contributed by atoms with van der Waals surface area (Å²) in [6.07, 6.45) is -0.644. The minimum Gasteiger partial charge on any atom is -0.394 e. The van der Waals surface area contributed by atoms with Crippen molar-refractivity contribution < 1.29 is 10.2 Å². The normalized spacial score (nSPS) is 13.1. The summed E-state index contributed by atoms with van der Waals surface area (Å²) < 4.78 is 1.99. The maximum atomic E-state index is 9.30. The third kappa shape index (κ3) is 2.85. The van der Waals surface area contributed by atoms with Gasteiger partial charge in [-0.1, -0.05) is 18.2 Å². The van der Waals surface area contributed by atoms with Crippen LogP contribution in [0.25, 0.3) is 10.9 Å². The number of aliphatic hydroxyl groups is 2. The van der Waals surface area contributed by atoms with E-state index in [-0.39, 0.29) is 6.61 Å². The molecule has 2 aromatic rings. The lowest BCUT2D eigenvalue weighted by molar-refractivity contribution is 0.113. The van der Waals surface area contributed by atoms with Crippen LogP contribution in [-0.2, 0) is 12.3 Å². The number of aliphatic hydroxyl groups excluding tert-OH is 2. The van der Waals surface area contributed by atoms with Crippen LogP contribution in [0, 0.1) is 0 Å². The van der Waals surface area contributed by atoms with Crippen LogP contribution >= 0.6 is 11.8 Å². The minimum atomic E-state index is -0.644. The molecule has 0 amide bonds. The molecule has 0 saturated heterocycles. The highest BCUT2D eigenvalue weighted by Crippen LogP contribution is 2.22. The Bertz CT molecular complexity index is 513. The maximum absolute atomic E-state index is 9.30. The Hall–Kier alpha value is -1.04. The van der Waals surface area contributed by atoms with Crippen molar-refractivity contribution >= 4 is 22.7 Å². The van der Waals surface area contributed by atoms with Crippen molar-refractivity contribution in [2.24, 2.45) is 0 Å². The van der Waals surface area contributed by atoms with E-state index in [4.69, 9.17) is 5.11 Å². The van der Waals surface area contributed by atoms with Crippen LogP contribution in [0.4, 0.5) is 0 Å². The van der Waals surface area contributed by atoms with Crippen molar-refractivity contribution in [2.45, 2.75) is 25.3 Å². The Morgan fingerprint density at radius 2 is 2.17 bits per heavy atom. The first-order chi connectivity index (χ1) is 8.76. The van der Waals surface area contributed by atoms with Crippen LogP contribution in [0.2, 0.25) is 0 Å². The van der Waals surface area contributed by atoms with Gasteiger partial charge >= 0.3 is 0 Å². The largest absolute Gasteiger partial charge is 0.394 e. The van der Waals surface area contributed by atoms with Gasteiger partial charge in [0.05, 0.1) is 23.9 Å². The van der Waals surface area contributed by atoms with E-state index in [1.165, 1.54) is 5.39 Å². The molecule has 1 atom stereocenters. The zero-order chi connectivity index (χ0) is 13.0. The summed E-state index contributed by atoms with van der Waals surface area (Å²) in [4.78, 5) is 0. The fourth-order valence-electron chi connectivity index (χ4n) is 1.89. The first-order valence-corrected chi connectivity index (χ1v) is 7.22. The van der Waals surface area contributed by atoms with E-state index in [9.17, 15) is 5.11 Å². The van der Waals surface area contributed by atoms with E-state index < -0.39 is 6.10 Å². The number of aryl methyl sites for hydroxylation is 1. The van der Waals surface area contributed by atoms with Gasteiger partial charge in [-0.15, -0.1) is 0 Å². The number of thioether (sulfide) groups is 1. The maximum Gasteiger partial charge on any atom is 0.0861 e. The molecule has 0 aliphatic carbocycles. The number of hydrogen-bond donors (Lipinski definition) is 2. The number of hydrogen-bond acceptors (Lipinski definition) is 4. The van der Waals surface area contributed by atoms with Crippen LogP contribution in [0.3, 0.4) is 0 Å². The van der Waals surface area contributed by atoms with Crippen molar-refractivity contribution in [2.75, 3.05) is 12.4 Å². The van der Waals surface area contributed by atoms with Gasteiger partial charge in [0.25, 0.3) is 0 Å². The minimum absolute atomic E-state index is 0.183. The molecule has 18 heavy (non-hydrogen) atoms. The van der Waals surface area contributed by atoms with Crippen LogP contribution in [0.1, 0.15) is 12.6 Å². The number of nitrogens with zero attached hydrogens (tertiary/aromatic N) is 2. The Labute approximate surface area is 111 Å². The van der Waals surface area contributed by atoms with Gasteiger partial charge in [-0.25, -0.2) is 0 Å². The second kappa shape index (κ2) is 6.22. The summed E-state index contributed by atoms with van der Waals surface area (Å²) >= 11 is 1.59. The van der Waals surface area contributed by atoms with Crippen LogP contribution in [0.5, 0.6) is 0 Å². The summed E-state index contributed by atoms with van der Waals surface area (Å²) in [6.45, 7) is 2.74. The molecule has 4 nitrogen and oxygen atoms in total. The Balaban J connectivity index is 2.13. The molecule has 98 valence electrons. The second-order valence-electron chi connectivity index (χ2n) is 4.13. The monoisotopic (exact) mass is 266 g/mol. The number of rotatable bonds is 6. The highest BCUT2D eigenvalue weighted by molar-refractivity contribution is 7.98. The number of benzene rings is 1. The third-order valence-corrected chi connectivity index (χ3v) is 3.89. The zero-order valence-electron chi connectivity index (χ0n) is 10.4. The lowest BCUT2D eigenvalue weighted by Crippen LogP contribution is -2.14. The van der Waals surface area contributed by atoms with Crippen molar-refractivity contribution in [3.63, 3.8) is 0 Å². The quantitative estimate of drug-likeness (QED) is 0.834. The highest BCUT2D eigenvalue weighted by atomic mass is 32.2. The van der Waals surface area contributed by atoms with Crippen LogP contribution in [-0.4, -0.2) is 38.5 Å². The van der Waals surface area contributed by atoms with Gasteiger partial charge < -0.3 is 10.2 Å². The fraction of sp³-hybridized carbons (Fsp3) is 0.462. The van der Waals surface area contributed by atoms with E-state index in [0.29, 0.717) is 5.75 Å². The third-order valence-electron chi connectivity index (χ3n) is 2.79. The molecule has 5 heteroatoms. The summed E-state index contributed by atoms with van der Waals surface area (Å²) in [5, 5.41) is 23.8. The average Bonchev–Trinajstić information content (AvgIpc) is 2.77. The van der Waals surface area contributed by atoms with Gasteiger partial charge in [0.15, 0.2) is 0 Å². The molecule has 0 fully saturated rings. The molecule has 1 heterocycles. The zero-order valence-corrected chi connectivity index (χ0v) is 11.2. The number of aromatic nitrogens is 2. The molecule has 1 unspecified atom stereocenters. The van der Waals surface area contributed by atoms with Gasteiger partial charge in [0, 0.05) is 23.4 Å². The molecule has 2 N–H and O–H groups in total. The molecule has 1 aromatic heterocycles. The predicted octanol–water partition coefficient (Wildman–Crippen LogP) is 1.64. The van der Waals surface area contributed by atoms with Gasteiger partial charge in [0.2, 0.25) is 0 Å². The van der Waals surface area contributed by atoms with Gasteiger partial charge in [-0.3, -0.25) is 4.68 Å². The molecule has 0 bridgehead atoms. The summed E-state index contributed by atoms with van der Waals surface area (Å²) in [7, 11) is 0. The smallest absolute Gasteiger partial charge is 0.0861 e. The van der Waals surface area contributed by atoms with Crippen molar-refractivity contribution in [3.8, 4) is 0 Å². The van der Waals surface area contributed by atoms with Crippen molar-refractivity contribution in [1.82, 2.24) is 9.78 Å². The Morgan fingerprint density at radius 1 is 1.39 bits per heavy atom. The summed E-state index contributed by atoms with van der Waals surface area (Å²) in [6, 6.07) is 8.18. The lowest BCUT2D eigenvalue weighted by Gasteiger charge is -2.05. The average molecular weight is 266 g/mol. The molecule has 0 aliphatic rings. The van der Waals surface area contributed by atoms with Crippen molar-refractivity contribution in [1.29, 1.82) is 0 Å². The highest BCUT2D eigenvalue weighted by Gasteiger charge is 2.10. The lowest BCUT2D eigenvalue weighted by atomic mass is 10.2. The topological polar surface area (TPSA) is 58.3 Å². The van der Waals surface area contributed by atoms with Gasteiger partial charge in [-0.05, 0) is 13.0 Å². The van der Waals surface area contributed by atoms with E-state index in [2.05, 4.69) is 24.2 Å². The Morgan fingerprint density at radius 3 is 2.89 bits per heavy atom. The molecule has 0 spiro atoms. The fourth-order valence-corrected chi connectivity index (χ4v) is 2.79. The standard InChI is InChI=1S/C13H18N2O2S/c1-2-15-13-6-4-3-5-11(13)12(14-15)9-18-8-10(17)7-16/h3-6,10,16-17H,2,7-9H2,1H3. The van der Waals surface area contributed by atoms with Crippen LogP contribution < -0.4 is 0 Å². The van der Waals surface area contributed by atoms with Gasteiger partial charge in [-0.2, -0.15) is 16.9 Å². The molecule has 0 aliphatic heterocycles. The second-order valence-corrected chi connectivity index (χ2v) is 5.16. The molecule has 2 rings (SSSR count). The first kappa shape index (κ1) is 13.4. The van der Waals surface area contributed by atoms with Crippen molar-refractivity contribution in [3.05, 3.63) is 30.0 Å². The number of para-hydroxylation sites is 1. The van der Waals surface area contributed by atoms with Gasteiger partial charge in [0.1, 0.15) is 0 Å². The molecular weight excluding hydrogens is 248 g/mol. The molecule has 1 aromatic carbocycles. The number of fused-ring (bicyclic) bond motifs is 1. The first-order valence-electron chi connectivity index (χ1n) is 6.07. The molecular formula is C13H18N2O2S. The summed E-state index contributed by atoms with van der Waals surface area (Å²) in [5.41, 5.74) is 2.20. The molecule has 0 radical (unpaired) electrons. The van der Waals surface area contributed by atoms with E-state index >= 15 is 0 Å². The van der Waals surface area contributed by atoms with E-state index in [1.807, 2.05) is 16.8 Å². The van der Waals surface area contributed by atoms with Crippen LogP contribution in [0.15, 0.2) is 24.3 Å². The van der Waals surface area contributed by atoms with E-state index in [0.717, 1.165) is 23.5 Å². The summed E-state index contributed by atoms with van der Waals surface area (Å²) in [5.74, 6) is 1.29. The predicted molar refractivity (Wildman–Crippen MR) is 74.7 cm³/mol. The molecule has 0 saturated carbocycles. The Kier molecular flexibility index (Phi) is 4.63. The SMILES string of the molecule is CCn1nc(CSCC(O)CO)c2ccccc21.